The zero-order valence-electron chi connectivity index (χ0n) is 22.2. The van der Waals surface area contributed by atoms with Crippen molar-refractivity contribution in [3.05, 3.63) is 108 Å². The van der Waals surface area contributed by atoms with E-state index in [0.29, 0.717) is 25.0 Å². The number of anilines is 3. The van der Waals surface area contributed by atoms with E-state index < -0.39 is 0 Å². The van der Waals surface area contributed by atoms with Gasteiger partial charge in [0.05, 0.1) is 6.10 Å². The molecule has 0 unspecified atom stereocenters. The molecule has 4 aromatic rings. The summed E-state index contributed by atoms with van der Waals surface area (Å²) >= 11 is 0. The van der Waals surface area contributed by atoms with E-state index in [1.54, 1.807) is 0 Å². The maximum Gasteiger partial charge on any atom is 0.241 e. The summed E-state index contributed by atoms with van der Waals surface area (Å²) in [5.41, 5.74) is 6.98. The standard InChI is InChI=1S/C33H35N3O3/c37-27-18-21-35(22-19-27)29-14-7-15-30-28(29)13-8-20-36(30)31-16-17-32(38-23-25-9-3-1-4-10-25)34-33(31)39-24-26-11-5-2-6-12-26/h1-7,9-12,14-17,27,37H,8,13,18-24H2. The third-order valence-electron chi connectivity index (χ3n) is 7.58. The molecule has 0 spiro atoms. The number of aliphatic hydroxyl groups excluding tert-OH is 1. The van der Waals surface area contributed by atoms with Gasteiger partial charge in [0, 0.05) is 37.1 Å². The highest BCUT2D eigenvalue weighted by Gasteiger charge is 2.27. The Morgan fingerprint density at radius 1 is 0.692 bits per heavy atom. The first-order valence-electron chi connectivity index (χ1n) is 13.9. The first-order chi connectivity index (χ1) is 19.2. The SMILES string of the molecule is OC1CCN(c2cccc3c2CCCN3c2ccc(OCc3ccccc3)nc2OCc2ccccc2)CC1. The van der Waals surface area contributed by atoms with Gasteiger partial charge in [0.15, 0.2) is 0 Å². The number of ether oxygens (including phenoxy) is 2. The van der Waals surface area contributed by atoms with Gasteiger partial charge in [-0.25, -0.2) is 0 Å². The molecular formula is C33H35N3O3. The van der Waals surface area contributed by atoms with Crippen molar-refractivity contribution in [2.24, 2.45) is 0 Å². The van der Waals surface area contributed by atoms with E-state index in [4.69, 9.17) is 14.5 Å². The molecule has 6 heteroatoms. The topological polar surface area (TPSA) is 58.1 Å². The Kier molecular flexibility index (Phi) is 7.63. The smallest absolute Gasteiger partial charge is 0.241 e. The van der Waals surface area contributed by atoms with Crippen molar-refractivity contribution in [2.75, 3.05) is 29.4 Å². The molecule has 39 heavy (non-hydrogen) atoms. The van der Waals surface area contributed by atoms with Crippen LogP contribution >= 0.6 is 0 Å². The van der Waals surface area contributed by atoms with E-state index >= 15 is 0 Å². The number of rotatable bonds is 8. The van der Waals surface area contributed by atoms with Crippen molar-refractivity contribution in [2.45, 2.75) is 45.0 Å². The Bertz CT molecular complexity index is 1370. The summed E-state index contributed by atoms with van der Waals surface area (Å²) in [4.78, 5) is 9.62. The lowest BCUT2D eigenvalue weighted by Gasteiger charge is -2.37. The summed E-state index contributed by atoms with van der Waals surface area (Å²) < 4.78 is 12.4. The Balaban J connectivity index is 1.31. The molecule has 0 atom stereocenters. The van der Waals surface area contributed by atoms with Gasteiger partial charge in [0.1, 0.15) is 18.9 Å². The number of benzene rings is 3. The first kappa shape index (κ1) is 25.3. The number of aromatic nitrogens is 1. The number of pyridine rings is 1. The van der Waals surface area contributed by atoms with E-state index in [1.807, 2.05) is 54.6 Å². The van der Waals surface area contributed by atoms with Crippen LogP contribution in [0.15, 0.2) is 91.0 Å². The molecule has 3 heterocycles. The number of hydrogen-bond donors (Lipinski definition) is 1. The monoisotopic (exact) mass is 521 g/mol. The molecular weight excluding hydrogens is 486 g/mol. The van der Waals surface area contributed by atoms with Gasteiger partial charge in [-0.2, -0.15) is 4.98 Å². The fraction of sp³-hybridized carbons (Fsp3) is 0.303. The predicted molar refractivity (Wildman–Crippen MR) is 155 cm³/mol. The van der Waals surface area contributed by atoms with Gasteiger partial charge < -0.3 is 24.4 Å². The molecule has 3 aromatic carbocycles. The molecule has 6 rings (SSSR count). The van der Waals surface area contributed by atoms with E-state index in [-0.39, 0.29) is 6.10 Å². The van der Waals surface area contributed by atoms with Gasteiger partial charge >= 0.3 is 0 Å². The second kappa shape index (κ2) is 11.8. The quantitative estimate of drug-likeness (QED) is 0.294. The zero-order valence-corrected chi connectivity index (χ0v) is 22.2. The molecule has 0 amide bonds. The van der Waals surface area contributed by atoms with Crippen LogP contribution in [0.5, 0.6) is 11.8 Å². The molecule has 1 aromatic heterocycles. The number of nitrogens with zero attached hydrogens (tertiary/aromatic N) is 3. The molecule has 1 saturated heterocycles. The van der Waals surface area contributed by atoms with Crippen LogP contribution in [0.2, 0.25) is 0 Å². The lowest BCUT2D eigenvalue weighted by Crippen LogP contribution is -2.37. The molecule has 1 fully saturated rings. The van der Waals surface area contributed by atoms with Crippen molar-refractivity contribution in [3.63, 3.8) is 0 Å². The van der Waals surface area contributed by atoms with E-state index in [0.717, 1.165) is 62.1 Å². The van der Waals surface area contributed by atoms with Crippen LogP contribution in [-0.2, 0) is 19.6 Å². The summed E-state index contributed by atoms with van der Waals surface area (Å²) in [5.74, 6) is 1.12. The summed E-state index contributed by atoms with van der Waals surface area (Å²) in [6.45, 7) is 3.55. The number of aliphatic hydroxyl groups is 1. The van der Waals surface area contributed by atoms with E-state index in [1.165, 1.54) is 16.9 Å². The molecule has 0 saturated carbocycles. The van der Waals surface area contributed by atoms with Gasteiger partial charge in [-0.05, 0) is 60.6 Å². The first-order valence-corrected chi connectivity index (χ1v) is 13.9. The molecule has 1 N–H and O–H groups in total. The Morgan fingerprint density at radius 2 is 1.36 bits per heavy atom. The second-order valence-electron chi connectivity index (χ2n) is 10.3. The lowest BCUT2D eigenvalue weighted by atomic mass is 9.97. The number of hydrogen-bond acceptors (Lipinski definition) is 6. The minimum Gasteiger partial charge on any atom is -0.473 e. The van der Waals surface area contributed by atoms with Crippen LogP contribution in [0.4, 0.5) is 17.1 Å². The summed E-state index contributed by atoms with van der Waals surface area (Å²) in [6.07, 6.45) is 3.53. The minimum absolute atomic E-state index is 0.185. The fourth-order valence-corrected chi connectivity index (χ4v) is 5.53. The third-order valence-corrected chi connectivity index (χ3v) is 7.58. The van der Waals surface area contributed by atoms with Crippen LogP contribution in [-0.4, -0.2) is 35.8 Å². The van der Waals surface area contributed by atoms with Gasteiger partial charge in [-0.3, -0.25) is 0 Å². The Morgan fingerprint density at radius 3 is 2.08 bits per heavy atom. The highest BCUT2D eigenvalue weighted by Crippen LogP contribution is 2.42. The fourth-order valence-electron chi connectivity index (χ4n) is 5.53. The van der Waals surface area contributed by atoms with Crippen molar-refractivity contribution in [1.29, 1.82) is 0 Å². The highest BCUT2D eigenvalue weighted by atomic mass is 16.5. The molecule has 0 bridgehead atoms. The molecule has 0 aliphatic carbocycles. The maximum atomic E-state index is 10.0. The van der Waals surface area contributed by atoms with Crippen molar-refractivity contribution in [1.82, 2.24) is 4.98 Å². The third kappa shape index (κ3) is 5.86. The summed E-state index contributed by atoms with van der Waals surface area (Å²) in [7, 11) is 0. The van der Waals surface area contributed by atoms with E-state index in [9.17, 15) is 5.11 Å². The van der Waals surface area contributed by atoms with Gasteiger partial charge in [-0.1, -0.05) is 66.7 Å². The average molecular weight is 522 g/mol. The molecule has 0 radical (unpaired) electrons. The summed E-state index contributed by atoms with van der Waals surface area (Å²) in [6, 6.07) is 30.9. The molecule has 6 nitrogen and oxygen atoms in total. The van der Waals surface area contributed by atoms with E-state index in [2.05, 4.69) is 46.2 Å². The Labute approximate surface area is 230 Å². The van der Waals surface area contributed by atoms with Crippen molar-refractivity contribution < 1.29 is 14.6 Å². The molecule has 2 aliphatic rings. The lowest BCUT2D eigenvalue weighted by molar-refractivity contribution is 0.145. The van der Waals surface area contributed by atoms with Crippen molar-refractivity contribution in [3.8, 4) is 11.8 Å². The second-order valence-corrected chi connectivity index (χ2v) is 10.3. The van der Waals surface area contributed by atoms with Crippen LogP contribution in [0, 0.1) is 0 Å². The highest BCUT2D eigenvalue weighted by molar-refractivity contribution is 5.77. The molecule has 200 valence electrons. The largest absolute Gasteiger partial charge is 0.473 e. The van der Waals surface area contributed by atoms with Crippen LogP contribution in [0.25, 0.3) is 0 Å². The van der Waals surface area contributed by atoms with Crippen molar-refractivity contribution >= 4 is 17.1 Å². The Hall–Kier alpha value is -4.03. The minimum atomic E-state index is -0.185. The van der Waals surface area contributed by atoms with Gasteiger partial charge in [0.2, 0.25) is 11.8 Å². The summed E-state index contributed by atoms with van der Waals surface area (Å²) in [5, 5.41) is 10.0. The normalized spacial score (nSPS) is 15.6. The van der Waals surface area contributed by atoms with Gasteiger partial charge in [-0.15, -0.1) is 0 Å². The maximum absolute atomic E-state index is 10.0. The van der Waals surface area contributed by atoms with Crippen LogP contribution < -0.4 is 19.3 Å². The van der Waals surface area contributed by atoms with Crippen LogP contribution in [0.1, 0.15) is 36.0 Å². The van der Waals surface area contributed by atoms with Crippen LogP contribution in [0.3, 0.4) is 0 Å². The number of fused-ring (bicyclic) bond motifs is 1. The zero-order chi connectivity index (χ0) is 26.4. The predicted octanol–water partition coefficient (Wildman–Crippen LogP) is 6.29. The average Bonchev–Trinajstić information content (AvgIpc) is 3.00. The van der Waals surface area contributed by atoms with Gasteiger partial charge in [0.25, 0.3) is 0 Å². The number of piperidine rings is 1. The molecule has 2 aliphatic heterocycles.